The number of carbonyl (C=O) groups excluding carboxylic acids is 1. The van der Waals surface area contributed by atoms with E-state index >= 15 is 0 Å². The molecule has 0 aromatic carbocycles. The number of nitrogens with two attached hydrogens (primary N) is 1. The van der Waals surface area contributed by atoms with Crippen LogP contribution in [-0.4, -0.2) is 56.8 Å². The highest BCUT2D eigenvalue weighted by atomic mass is 32.2. The van der Waals surface area contributed by atoms with Crippen LogP contribution in [0.4, 0.5) is 0 Å². The molecule has 1 amide bonds. The molecule has 0 radical (unpaired) electrons. The van der Waals surface area contributed by atoms with Crippen LogP contribution in [0.25, 0.3) is 0 Å². The molecule has 0 aliphatic carbocycles. The topological polar surface area (TPSA) is 96.8 Å². The largest absolute Gasteiger partial charge is 0.455 e. The van der Waals surface area contributed by atoms with Gasteiger partial charge in [-0.3, -0.25) is 4.79 Å². The summed E-state index contributed by atoms with van der Waals surface area (Å²) < 4.78 is 30.8. The Morgan fingerprint density at radius 3 is 2.76 bits per heavy atom. The maximum Gasteiger partial charge on any atom is 0.289 e. The first-order valence-electron chi connectivity index (χ1n) is 6.83. The third-order valence-corrected chi connectivity index (χ3v) is 5.67. The van der Waals surface area contributed by atoms with Gasteiger partial charge < -0.3 is 15.1 Å². The van der Waals surface area contributed by atoms with Gasteiger partial charge in [0, 0.05) is 39.3 Å². The quantitative estimate of drug-likeness (QED) is 0.867. The van der Waals surface area contributed by atoms with Crippen LogP contribution in [0.1, 0.15) is 29.2 Å². The molecular weight excluding hydrogens is 294 g/mol. The average molecular weight is 315 g/mol. The fourth-order valence-electron chi connectivity index (χ4n) is 2.51. The molecule has 7 nitrogen and oxygen atoms in total. The van der Waals surface area contributed by atoms with Gasteiger partial charge in [0.15, 0.2) is 5.76 Å². The summed E-state index contributed by atoms with van der Waals surface area (Å²) in [6.07, 6.45) is 1.76. The molecule has 1 aliphatic rings. The Morgan fingerprint density at radius 2 is 2.19 bits per heavy atom. The van der Waals surface area contributed by atoms with E-state index in [1.54, 1.807) is 4.90 Å². The van der Waals surface area contributed by atoms with E-state index in [4.69, 9.17) is 10.2 Å². The molecule has 0 bridgehead atoms. The highest BCUT2D eigenvalue weighted by Gasteiger charge is 2.32. The van der Waals surface area contributed by atoms with Gasteiger partial charge in [0.05, 0.1) is 0 Å². The highest BCUT2D eigenvalue weighted by Crippen LogP contribution is 2.25. The second-order valence-corrected chi connectivity index (χ2v) is 7.47. The third kappa shape index (κ3) is 2.83. The van der Waals surface area contributed by atoms with Crippen LogP contribution in [0, 0.1) is 6.92 Å². The lowest BCUT2D eigenvalue weighted by Crippen LogP contribution is -2.39. The smallest absolute Gasteiger partial charge is 0.289 e. The number of hydrogen-bond acceptors (Lipinski definition) is 5. The summed E-state index contributed by atoms with van der Waals surface area (Å²) in [7, 11) is -0.741. The Hall–Kier alpha value is -1.38. The van der Waals surface area contributed by atoms with E-state index in [9.17, 15) is 13.2 Å². The Morgan fingerprint density at radius 1 is 1.52 bits per heavy atom. The fraction of sp³-hybridized carbons (Fsp3) is 0.615. The van der Waals surface area contributed by atoms with Crippen molar-refractivity contribution < 1.29 is 17.6 Å². The second-order valence-electron chi connectivity index (χ2n) is 5.35. The molecule has 2 rings (SSSR count). The van der Waals surface area contributed by atoms with Crippen molar-refractivity contribution in [3.63, 3.8) is 0 Å². The van der Waals surface area contributed by atoms with Gasteiger partial charge in [-0.05, 0) is 19.8 Å². The SMILES string of the molecule is Cc1oc(C(=O)N2CCCC2CN)cc1S(=O)(=O)N(C)C. The first kappa shape index (κ1) is 16.0. The van der Waals surface area contributed by atoms with Gasteiger partial charge >= 0.3 is 0 Å². The van der Waals surface area contributed by atoms with Crippen LogP contribution in [0.5, 0.6) is 0 Å². The van der Waals surface area contributed by atoms with Crippen LogP contribution < -0.4 is 5.73 Å². The van der Waals surface area contributed by atoms with Crippen molar-refractivity contribution in [1.82, 2.24) is 9.21 Å². The zero-order valence-corrected chi connectivity index (χ0v) is 13.3. The van der Waals surface area contributed by atoms with Crippen LogP contribution in [-0.2, 0) is 10.0 Å². The van der Waals surface area contributed by atoms with Gasteiger partial charge in [-0.25, -0.2) is 12.7 Å². The van der Waals surface area contributed by atoms with Crippen molar-refractivity contribution in [2.75, 3.05) is 27.2 Å². The first-order valence-corrected chi connectivity index (χ1v) is 8.27. The molecule has 1 aromatic rings. The van der Waals surface area contributed by atoms with Crippen molar-refractivity contribution in [3.8, 4) is 0 Å². The minimum Gasteiger partial charge on any atom is -0.455 e. The summed E-state index contributed by atoms with van der Waals surface area (Å²) in [5, 5.41) is 0. The van der Waals surface area contributed by atoms with E-state index in [0.717, 1.165) is 17.1 Å². The molecule has 1 aromatic heterocycles. The lowest BCUT2D eigenvalue weighted by atomic mass is 10.2. The maximum absolute atomic E-state index is 12.4. The van der Waals surface area contributed by atoms with Gasteiger partial charge in [0.1, 0.15) is 10.7 Å². The number of amides is 1. The molecule has 8 heteroatoms. The lowest BCUT2D eigenvalue weighted by Gasteiger charge is -2.22. The minimum atomic E-state index is -3.62. The van der Waals surface area contributed by atoms with Crippen LogP contribution >= 0.6 is 0 Å². The number of sulfonamides is 1. The van der Waals surface area contributed by atoms with Crippen molar-refractivity contribution in [2.45, 2.75) is 30.7 Å². The molecule has 0 spiro atoms. The van der Waals surface area contributed by atoms with Gasteiger partial charge in [0.25, 0.3) is 5.91 Å². The predicted octanol–water partition coefficient (Wildman–Crippen LogP) is 0.402. The predicted molar refractivity (Wildman–Crippen MR) is 77.4 cm³/mol. The normalized spacial score (nSPS) is 19.5. The highest BCUT2D eigenvalue weighted by molar-refractivity contribution is 7.89. The summed E-state index contributed by atoms with van der Waals surface area (Å²) in [6.45, 7) is 2.56. The number of carbonyl (C=O) groups is 1. The van der Waals surface area contributed by atoms with Gasteiger partial charge in [-0.1, -0.05) is 0 Å². The summed E-state index contributed by atoms with van der Waals surface area (Å²) in [4.78, 5) is 14.1. The Kier molecular flexibility index (Phi) is 4.40. The van der Waals surface area contributed by atoms with Gasteiger partial charge in [0.2, 0.25) is 10.0 Å². The first-order chi connectivity index (χ1) is 9.78. The molecule has 0 saturated carbocycles. The second kappa shape index (κ2) is 5.78. The Labute approximate surface area is 124 Å². The summed E-state index contributed by atoms with van der Waals surface area (Å²) in [6, 6.07) is 1.30. The van der Waals surface area contributed by atoms with E-state index in [0.29, 0.717) is 13.1 Å². The molecule has 1 aliphatic heterocycles. The van der Waals surface area contributed by atoms with Crippen molar-refractivity contribution in [1.29, 1.82) is 0 Å². The van der Waals surface area contributed by atoms with Gasteiger partial charge in [-0.2, -0.15) is 0 Å². The molecule has 21 heavy (non-hydrogen) atoms. The summed E-state index contributed by atoms with van der Waals surface area (Å²) in [5.41, 5.74) is 5.66. The van der Waals surface area contributed by atoms with Crippen molar-refractivity contribution in [2.24, 2.45) is 5.73 Å². The number of aryl methyl sites for hydroxylation is 1. The molecule has 1 saturated heterocycles. The molecule has 1 unspecified atom stereocenters. The third-order valence-electron chi connectivity index (χ3n) is 3.75. The molecular formula is C13H21N3O4S. The van der Waals surface area contributed by atoms with E-state index in [-0.39, 0.29) is 28.4 Å². The monoisotopic (exact) mass is 315 g/mol. The van der Waals surface area contributed by atoms with Crippen molar-refractivity contribution in [3.05, 3.63) is 17.6 Å². The summed E-state index contributed by atoms with van der Waals surface area (Å²) >= 11 is 0. The fourth-order valence-corrected chi connectivity index (χ4v) is 3.57. The average Bonchev–Trinajstić information content (AvgIpc) is 3.03. The Bertz CT molecular complexity index is 636. The lowest BCUT2D eigenvalue weighted by molar-refractivity contribution is 0.0707. The standard InChI is InChI=1S/C13H21N3O4S/c1-9-12(21(18,19)15(2)3)7-11(20-9)13(17)16-6-4-5-10(16)8-14/h7,10H,4-6,8,14H2,1-3H3. The molecule has 1 atom stereocenters. The van der Waals surface area contributed by atoms with E-state index in [1.807, 2.05) is 0 Å². The molecule has 2 heterocycles. The number of hydrogen-bond donors (Lipinski definition) is 1. The van der Waals surface area contributed by atoms with Crippen LogP contribution in [0.2, 0.25) is 0 Å². The van der Waals surface area contributed by atoms with E-state index in [1.165, 1.54) is 27.1 Å². The van der Waals surface area contributed by atoms with Gasteiger partial charge in [-0.15, -0.1) is 0 Å². The molecule has 1 fully saturated rings. The number of nitrogens with zero attached hydrogens (tertiary/aromatic N) is 2. The number of likely N-dealkylation sites (tertiary alicyclic amines) is 1. The summed E-state index contributed by atoms with van der Waals surface area (Å²) in [5.74, 6) is -0.0323. The number of rotatable bonds is 4. The van der Waals surface area contributed by atoms with Crippen molar-refractivity contribution >= 4 is 15.9 Å². The zero-order chi connectivity index (χ0) is 15.8. The Balaban J connectivity index is 2.33. The molecule has 2 N–H and O–H groups in total. The van der Waals surface area contributed by atoms with E-state index in [2.05, 4.69) is 0 Å². The molecule has 118 valence electrons. The minimum absolute atomic E-state index is 0.00295. The van der Waals surface area contributed by atoms with E-state index < -0.39 is 10.0 Å². The number of furan rings is 1. The maximum atomic E-state index is 12.4. The van der Waals surface area contributed by atoms with Crippen LogP contribution in [0.15, 0.2) is 15.4 Å². The zero-order valence-electron chi connectivity index (χ0n) is 12.5. The van der Waals surface area contributed by atoms with Crippen LogP contribution in [0.3, 0.4) is 0 Å².